The number of hydrogen-bond acceptors (Lipinski definition) is 6. The Morgan fingerprint density at radius 2 is 1.67 bits per heavy atom. The molecule has 0 atom stereocenters. The van der Waals surface area contributed by atoms with E-state index >= 15 is 0 Å². The Hall–Kier alpha value is -4.01. The molecule has 5 aromatic rings. The van der Waals surface area contributed by atoms with E-state index in [1.807, 2.05) is 60.0 Å². The smallest absolute Gasteiger partial charge is 0.271 e. The molecular formula is C28H21BrN4O2S. The summed E-state index contributed by atoms with van der Waals surface area (Å²) in [5.74, 6) is 0.963. The van der Waals surface area contributed by atoms with E-state index in [4.69, 9.17) is 4.42 Å². The van der Waals surface area contributed by atoms with Crippen molar-refractivity contribution in [3.63, 3.8) is 0 Å². The van der Waals surface area contributed by atoms with E-state index in [9.17, 15) is 4.79 Å². The van der Waals surface area contributed by atoms with Gasteiger partial charge in [-0.1, -0.05) is 57.9 Å². The summed E-state index contributed by atoms with van der Waals surface area (Å²) in [4.78, 5) is 17.1. The van der Waals surface area contributed by atoms with Crippen molar-refractivity contribution in [3.05, 3.63) is 112 Å². The highest BCUT2D eigenvalue weighted by molar-refractivity contribution is 9.10. The van der Waals surface area contributed by atoms with E-state index in [0.29, 0.717) is 11.3 Å². The SMILES string of the molecule is Cc1ccc(Nc2nc(-c3ccc(C(=O)N/N=C\c4ccc(-c5ccc(Br)cc5)o4)cc3)cs2)cc1. The van der Waals surface area contributed by atoms with Crippen LogP contribution >= 0.6 is 27.3 Å². The average molecular weight is 557 g/mol. The summed E-state index contributed by atoms with van der Waals surface area (Å²) >= 11 is 4.95. The van der Waals surface area contributed by atoms with E-state index in [0.717, 1.165) is 37.9 Å². The molecule has 0 saturated carbocycles. The molecule has 0 bridgehead atoms. The number of anilines is 2. The molecule has 0 fully saturated rings. The Kier molecular flexibility index (Phi) is 7.06. The van der Waals surface area contributed by atoms with Crippen LogP contribution < -0.4 is 10.7 Å². The highest BCUT2D eigenvalue weighted by atomic mass is 79.9. The largest absolute Gasteiger partial charge is 0.455 e. The number of nitrogens with one attached hydrogen (secondary N) is 2. The molecule has 0 aliphatic carbocycles. The normalized spacial score (nSPS) is 11.1. The molecule has 5 rings (SSSR count). The first kappa shape index (κ1) is 23.7. The lowest BCUT2D eigenvalue weighted by molar-refractivity contribution is 0.0955. The second kappa shape index (κ2) is 10.7. The van der Waals surface area contributed by atoms with Gasteiger partial charge in [-0.05, 0) is 55.5 Å². The third-order valence-electron chi connectivity index (χ3n) is 5.36. The highest BCUT2D eigenvalue weighted by Gasteiger charge is 2.09. The number of aryl methyl sites for hydroxylation is 1. The van der Waals surface area contributed by atoms with Gasteiger partial charge in [-0.3, -0.25) is 4.79 Å². The van der Waals surface area contributed by atoms with Crippen LogP contribution in [0.25, 0.3) is 22.6 Å². The summed E-state index contributed by atoms with van der Waals surface area (Å²) in [6.07, 6.45) is 1.48. The molecule has 0 radical (unpaired) electrons. The van der Waals surface area contributed by atoms with Crippen LogP contribution in [0.15, 0.2) is 104 Å². The number of aromatic nitrogens is 1. The lowest BCUT2D eigenvalue weighted by Gasteiger charge is -2.03. The van der Waals surface area contributed by atoms with Gasteiger partial charge in [0.25, 0.3) is 5.91 Å². The second-order valence-corrected chi connectivity index (χ2v) is 9.79. The fourth-order valence-electron chi connectivity index (χ4n) is 3.43. The van der Waals surface area contributed by atoms with Gasteiger partial charge in [0, 0.05) is 32.2 Å². The number of benzene rings is 3. The van der Waals surface area contributed by atoms with Crippen LogP contribution in [-0.4, -0.2) is 17.1 Å². The average Bonchev–Trinajstić information content (AvgIpc) is 3.56. The highest BCUT2D eigenvalue weighted by Crippen LogP contribution is 2.27. The van der Waals surface area contributed by atoms with Gasteiger partial charge in [0.1, 0.15) is 11.5 Å². The monoisotopic (exact) mass is 556 g/mol. The molecule has 0 unspecified atom stereocenters. The van der Waals surface area contributed by atoms with Crippen LogP contribution in [0.4, 0.5) is 10.8 Å². The summed E-state index contributed by atoms with van der Waals surface area (Å²) in [5.41, 5.74) is 7.98. The number of nitrogens with zero attached hydrogens (tertiary/aromatic N) is 2. The molecule has 0 saturated heterocycles. The predicted octanol–water partition coefficient (Wildman–Crippen LogP) is 7.65. The number of thiazole rings is 1. The minimum atomic E-state index is -0.308. The third-order valence-corrected chi connectivity index (χ3v) is 6.65. The first-order valence-corrected chi connectivity index (χ1v) is 12.8. The number of hydrogen-bond donors (Lipinski definition) is 2. The van der Waals surface area contributed by atoms with Crippen LogP contribution in [-0.2, 0) is 0 Å². The third kappa shape index (κ3) is 5.79. The molecule has 2 N–H and O–H groups in total. The number of carbonyl (C=O) groups excluding carboxylic acids is 1. The van der Waals surface area contributed by atoms with Crippen LogP contribution in [0, 0.1) is 6.92 Å². The van der Waals surface area contributed by atoms with Crippen LogP contribution in [0.3, 0.4) is 0 Å². The standard InChI is InChI=1S/C28H21BrN4O2S/c1-18-2-12-23(13-3-18)31-28-32-25(17-36-28)19-4-6-21(7-5-19)27(34)33-30-16-24-14-15-26(35-24)20-8-10-22(29)11-9-20/h2-17H,1H3,(H,31,32)(H,33,34)/b30-16-. The number of furan rings is 1. The zero-order valence-corrected chi connectivity index (χ0v) is 21.6. The van der Waals surface area contributed by atoms with Gasteiger partial charge in [-0.2, -0.15) is 5.10 Å². The lowest BCUT2D eigenvalue weighted by atomic mass is 10.1. The summed E-state index contributed by atoms with van der Waals surface area (Å²) in [6.45, 7) is 2.06. The van der Waals surface area contributed by atoms with Crippen molar-refractivity contribution in [2.24, 2.45) is 5.10 Å². The Morgan fingerprint density at radius 3 is 2.42 bits per heavy atom. The van der Waals surface area contributed by atoms with Crippen molar-refractivity contribution in [3.8, 4) is 22.6 Å². The summed E-state index contributed by atoms with van der Waals surface area (Å²) < 4.78 is 6.78. The first-order chi connectivity index (χ1) is 17.5. The van der Waals surface area contributed by atoms with Gasteiger partial charge in [-0.15, -0.1) is 11.3 Å². The van der Waals surface area contributed by atoms with E-state index in [1.165, 1.54) is 23.1 Å². The van der Waals surface area contributed by atoms with Gasteiger partial charge >= 0.3 is 0 Å². The molecule has 0 aliphatic heterocycles. The molecule has 1 amide bonds. The molecule has 0 spiro atoms. The van der Waals surface area contributed by atoms with Gasteiger partial charge in [0.05, 0.1) is 11.9 Å². The summed E-state index contributed by atoms with van der Waals surface area (Å²) in [7, 11) is 0. The number of carbonyl (C=O) groups is 1. The van der Waals surface area contributed by atoms with Gasteiger partial charge < -0.3 is 9.73 Å². The first-order valence-electron chi connectivity index (χ1n) is 11.1. The minimum absolute atomic E-state index is 0.308. The molecule has 178 valence electrons. The molecular weight excluding hydrogens is 536 g/mol. The zero-order chi connectivity index (χ0) is 24.9. The van der Waals surface area contributed by atoms with Crippen molar-refractivity contribution in [1.82, 2.24) is 10.4 Å². The summed E-state index contributed by atoms with van der Waals surface area (Å²) in [5, 5.41) is 10.1. The zero-order valence-electron chi connectivity index (χ0n) is 19.2. The van der Waals surface area contributed by atoms with E-state index in [2.05, 4.69) is 55.8 Å². The maximum absolute atomic E-state index is 12.5. The maximum Gasteiger partial charge on any atom is 0.271 e. The van der Waals surface area contributed by atoms with Crippen LogP contribution in [0.1, 0.15) is 21.7 Å². The molecule has 0 aliphatic rings. The van der Waals surface area contributed by atoms with Crippen molar-refractivity contribution in [1.29, 1.82) is 0 Å². The minimum Gasteiger partial charge on any atom is -0.455 e. The number of hydrazone groups is 1. The van der Waals surface area contributed by atoms with Crippen molar-refractivity contribution < 1.29 is 9.21 Å². The van der Waals surface area contributed by atoms with Gasteiger partial charge in [-0.25, -0.2) is 10.4 Å². The molecule has 8 heteroatoms. The topological polar surface area (TPSA) is 79.5 Å². The van der Waals surface area contributed by atoms with Crippen molar-refractivity contribution >= 4 is 50.2 Å². The van der Waals surface area contributed by atoms with Gasteiger partial charge in [0.2, 0.25) is 0 Å². The fourth-order valence-corrected chi connectivity index (χ4v) is 4.43. The Morgan fingerprint density at radius 1 is 0.944 bits per heavy atom. The number of amides is 1. The Balaban J connectivity index is 1.18. The van der Waals surface area contributed by atoms with E-state index < -0.39 is 0 Å². The van der Waals surface area contributed by atoms with E-state index in [1.54, 1.807) is 18.2 Å². The van der Waals surface area contributed by atoms with Crippen molar-refractivity contribution in [2.45, 2.75) is 6.92 Å². The molecule has 36 heavy (non-hydrogen) atoms. The molecule has 2 aromatic heterocycles. The maximum atomic E-state index is 12.5. The van der Waals surface area contributed by atoms with Gasteiger partial charge in [0.15, 0.2) is 5.13 Å². The fraction of sp³-hybridized carbons (Fsp3) is 0.0357. The van der Waals surface area contributed by atoms with E-state index in [-0.39, 0.29) is 5.91 Å². The second-order valence-electron chi connectivity index (χ2n) is 8.01. The lowest BCUT2D eigenvalue weighted by Crippen LogP contribution is -2.17. The van der Waals surface area contributed by atoms with Crippen LogP contribution in [0.5, 0.6) is 0 Å². The molecule has 6 nitrogen and oxygen atoms in total. The summed E-state index contributed by atoms with van der Waals surface area (Å²) in [6, 6.07) is 26.9. The molecule has 3 aromatic carbocycles. The quantitative estimate of drug-likeness (QED) is 0.159. The Bertz CT molecular complexity index is 1500. The molecule has 2 heterocycles. The predicted molar refractivity (Wildman–Crippen MR) is 149 cm³/mol. The number of rotatable bonds is 7. The van der Waals surface area contributed by atoms with Crippen LogP contribution in [0.2, 0.25) is 0 Å². The van der Waals surface area contributed by atoms with Crippen molar-refractivity contribution in [2.75, 3.05) is 5.32 Å². The Labute approximate surface area is 220 Å². The number of halogens is 1.